The van der Waals surface area contributed by atoms with Crippen LogP contribution in [0.1, 0.15) is 47.7 Å². The summed E-state index contributed by atoms with van der Waals surface area (Å²) in [6.45, 7) is 2.17. The van der Waals surface area contributed by atoms with Crippen molar-refractivity contribution in [2.45, 2.75) is 39.0 Å². The van der Waals surface area contributed by atoms with E-state index in [1.165, 1.54) is 23.8 Å². The Hall–Kier alpha value is -3.58. The summed E-state index contributed by atoms with van der Waals surface area (Å²) in [5.74, 6) is 3.61. The van der Waals surface area contributed by atoms with Gasteiger partial charge in [0, 0.05) is 22.8 Å². The van der Waals surface area contributed by atoms with Crippen molar-refractivity contribution in [2.75, 3.05) is 0 Å². The number of benzene rings is 3. The molecular weight excluding hydrogens is 419 g/mol. The molecule has 33 heavy (non-hydrogen) atoms. The standard InChI is InChI=1S/C29H24F3N/c1-2-3-4-22-8-14-25(33-19-22)13-7-21-6-11-23(28(31)18-21)10-5-20-9-15-26-24(17-20)12-16-27(30)29(26)32/h6,8-9,11-12,14-19H,2-4,7,13H2,1H3. The Morgan fingerprint density at radius 2 is 1.61 bits per heavy atom. The van der Waals surface area contributed by atoms with Gasteiger partial charge in [-0.2, -0.15) is 0 Å². The fourth-order valence-corrected chi connectivity index (χ4v) is 3.70. The molecule has 4 aromatic rings. The van der Waals surface area contributed by atoms with Gasteiger partial charge in [-0.05, 0) is 78.6 Å². The largest absolute Gasteiger partial charge is 0.261 e. The average molecular weight is 444 g/mol. The van der Waals surface area contributed by atoms with Gasteiger partial charge in [0.2, 0.25) is 0 Å². The van der Waals surface area contributed by atoms with Crippen LogP contribution in [-0.4, -0.2) is 4.98 Å². The molecule has 1 heterocycles. The third-order valence-corrected chi connectivity index (χ3v) is 5.66. The first-order valence-corrected chi connectivity index (χ1v) is 11.2. The predicted octanol–water partition coefficient (Wildman–Crippen LogP) is 7.18. The van der Waals surface area contributed by atoms with E-state index in [0.717, 1.165) is 43.0 Å². The van der Waals surface area contributed by atoms with Crippen LogP contribution in [0.5, 0.6) is 0 Å². The first kappa shape index (κ1) is 22.6. The molecule has 3 aromatic carbocycles. The highest BCUT2D eigenvalue weighted by Gasteiger charge is 2.07. The summed E-state index contributed by atoms with van der Waals surface area (Å²) < 4.78 is 41.8. The number of hydrogen-bond acceptors (Lipinski definition) is 1. The number of aromatic nitrogens is 1. The van der Waals surface area contributed by atoms with Gasteiger partial charge in [-0.1, -0.05) is 49.5 Å². The molecule has 0 amide bonds. The Labute approximate surface area is 192 Å². The van der Waals surface area contributed by atoms with Gasteiger partial charge < -0.3 is 0 Å². The number of nitrogens with zero attached hydrogens (tertiary/aromatic N) is 1. The number of hydrogen-bond donors (Lipinski definition) is 0. The third-order valence-electron chi connectivity index (χ3n) is 5.66. The molecule has 0 aliphatic carbocycles. The Bertz CT molecular complexity index is 1330. The van der Waals surface area contributed by atoms with E-state index in [1.54, 1.807) is 18.2 Å². The summed E-state index contributed by atoms with van der Waals surface area (Å²) in [6.07, 6.45) is 6.74. The highest BCUT2D eigenvalue weighted by Crippen LogP contribution is 2.21. The molecule has 1 aromatic heterocycles. The molecule has 0 bridgehead atoms. The zero-order valence-corrected chi connectivity index (χ0v) is 18.5. The minimum Gasteiger partial charge on any atom is -0.261 e. The van der Waals surface area contributed by atoms with Crippen molar-refractivity contribution in [3.05, 3.63) is 112 Å². The van der Waals surface area contributed by atoms with Crippen LogP contribution in [-0.2, 0) is 19.3 Å². The Balaban J connectivity index is 1.42. The van der Waals surface area contributed by atoms with Crippen LogP contribution in [0.3, 0.4) is 0 Å². The molecule has 0 spiro atoms. The van der Waals surface area contributed by atoms with Gasteiger partial charge in [0.25, 0.3) is 0 Å². The lowest BCUT2D eigenvalue weighted by Crippen LogP contribution is -1.97. The Kier molecular flexibility index (Phi) is 7.10. The zero-order valence-electron chi connectivity index (χ0n) is 18.5. The average Bonchev–Trinajstić information content (AvgIpc) is 2.84. The normalized spacial score (nSPS) is 10.8. The van der Waals surface area contributed by atoms with E-state index < -0.39 is 11.6 Å². The second kappa shape index (κ2) is 10.4. The SMILES string of the molecule is CCCCc1ccc(CCc2ccc(C#Cc3ccc4c(F)c(F)ccc4c3)c(F)c2)nc1. The number of pyridine rings is 1. The van der Waals surface area contributed by atoms with Crippen LogP contribution >= 0.6 is 0 Å². The molecule has 0 N–H and O–H groups in total. The van der Waals surface area contributed by atoms with Crippen LogP contribution in [0.4, 0.5) is 13.2 Å². The molecule has 0 aliphatic rings. The topological polar surface area (TPSA) is 12.9 Å². The summed E-state index contributed by atoms with van der Waals surface area (Å²) >= 11 is 0. The molecule has 0 unspecified atom stereocenters. The molecule has 0 aliphatic heterocycles. The lowest BCUT2D eigenvalue weighted by molar-refractivity contribution is 0.517. The van der Waals surface area contributed by atoms with Gasteiger partial charge in [0.05, 0.1) is 5.56 Å². The molecule has 0 saturated carbocycles. The first-order chi connectivity index (χ1) is 16.0. The monoisotopic (exact) mass is 443 g/mol. The predicted molar refractivity (Wildman–Crippen MR) is 127 cm³/mol. The van der Waals surface area contributed by atoms with Crippen LogP contribution in [0.15, 0.2) is 66.9 Å². The number of fused-ring (bicyclic) bond motifs is 1. The van der Waals surface area contributed by atoms with Crippen molar-refractivity contribution < 1.29 is 13.2 Å². The lowest BCUT2D eigenvalue weighted by atomic mass is 10.0. The van der Waals surface area contributed by atoms with Gasteiger partial charge >= 0.3 is 0 Å². The van der Waals surface area contributed by atoms with E-state index in [1.807, 2.05) is 18.3 Å². The molecule has 0 radical (unpaired) electrons. The minimum atomic E-state index is -0.886. The van der Waals surface area contributed by atoms with E-state index in [9.17, 15) is 13.2 Å². The molecule has 4 rings (SSSR count). The summed E-state index contributed by atoms with van der Waals surface area (Å²) in [5.41, 5.74) is 4.02. The fraction of sp³-hybridized carbons (Fsp3) is 0.207. The Morgan fingerprint density at radius 1 is 0.758 bits per heavy atom. The quantitative estimate of drug-likeness (QED) is 0.288. The molecule has 0 fully saturated rings. The fourth-order valence-electron chi connectivity index (χ4n) is 3.70. The number of halogens is 3. The second-order valence-electron chi connectivity index (χ2n) is 8.12. The van der Waals surface area contributed by atoms with Crippen LogP contribution in [0.2, 0.25) is 0 Å². The van der Waals surface area contributed by atoms with Crippen molar-refractivity contribution >= 4 is 10.8 Å². The van der Waals surface area contributed by atoms with Crippen molar-refractivity contribution in [1.29, 1.82) is 0 Å². The molecule has 0 atom stereocenters. The van der Waals surface area contributed by atoms with Crippen LogP contribution in [0.25, 0.3) is 10.8 Å². The summed E-state index contributed by atoms with van der Waals surface area (Å²) in [7, 11) is 0. The Morgan fingerprint density at radius 3 is 2.36 bits per heavy atom. The van der Waals surface area contributed by atoms with Crippen LogP contribution in [0, 0.1) is 29.3 Å². The van der Waals surface area contributed by atoms with Crippen molar-refractivity contribution in [3.63, 3.8) is 0 Å². The summed E-state index contributed by atoms with van der Waals surface area (Å²) in [6, 6.07) is 16.6. The summed E-state index contributed by atoms with van der Waals surface area (Å²) in [5, 5.41) is 0.740. The molecule has 166 valence electrons. The van der Waals surface area contributed by atoms with Crippen molar-refractivity contribution in [2.24, 2.45) is 0 Å². The van der Waals surface area contributed by atoms with Crippen molar-refractivity contribution in [1.82, 2.24) is 4.98 Å². The maximum atomic E-state index is 14.6. The van der Waals surface area contributed by atoms with E-state index in [-0.39, 0.29) is 11.2 Å². The minimum absolute atomic E-state index is 0.196. The highest BCUT2D eigenvalue weighted by molar-refractivity contribution is 5.84. The molecule has 1 nitrogen and oxygen atoms in total. The van der Waals surface area contributed by atoms with Gasteiger partial charge in [0.15, 0.2) is 11.6 Å². The van der Waals surface area contributed by atoms with Crippen molar-refractivity contribution in [3.8, 4) is 11.8 Å². The third kappa shape index (κ3) is 5.62. The maximum Gasteiger partial charge on any atom is 0.166 e. The molecule has 0 saturated heterocycles. The van der Waals surface area contributed by atoms with Crippen LogP contribution < -0.4 is 0 Å². The van der Waals surface area contributed by atoms with Gasteiger partial charge in [-0.3, -0.25) is 4.98 Å². The van der Waals surface area contributed by atoms with Gasteiger partial charge in [-0.25, -0.2) is 13.2 Å². The second-order valence-corrected chi connectivity index (χ2v) is 8.12. The van der Waals surface area contributed by atoms with E-state index in [4.69, 9.17) is 0 Å². The zero-order chi connectivity index (χ0) is 23.2. The number of unbranched alkanes of at least 4 members (excludes halogenated alkanes) is 1. The number of aryl methyl sites for hydroxylation is 3. The number of rotatable bonds is 6. The first-order valence-electron chi connectivity index (χ1n) is 11.2. The lowest BCUT2D eigenvalue weighted by Gasteiger charge is -2.05. The smallest absolute Gasteiger partial charge is 0.166 e. The van der Waals surface area contributed by atoms with E-state index in [0.29, 0.717) is 22.9 Å². The summed E-state index contributed by atoms with van der Waals surface area (Å²) in [4.78, 5) is 4.52. The van der Waals surface area contributed by atoms with E-state index in [2.05, 4.69) is 29.8 Å². The molecular formula is C29H24F3N. The molecule has 4 heteroatoms. The van der Waals surface area contributed by atoms with E-state index >= 15 is 0 Å². The van der Waals surface area contributed by atoms with Gasteiger partial charge in [-0.15, -0.1) is 0 Å². The maximum absolute atomic E-state index is 14.6. The highest BCUT2D eigenvalue weighted by atomic mass is 19.2. The van der Waals surface area contributed by atoms with Gasteiger partial charge in [0.1, 0.15) is 5.82 Å².